The lowest BCUT2D eigenvalue weighted by Crippen LogP contribution is -2.11. The van der Waals surface area contributed by atoms with Gasteiger partial charge in [-0.3, -0.25) is 0 Å². The van der Waals surface area contributed by atoms with Crippen molar-refractivity contribution in [1.82, 2.24) is 0 Å². The maximum absolute atomic E-state index is 10.0. The summed E-state index contributed by atoms with van der Waals surface area (Å²) in [7, 11) is 0. The van der Waals surface area contributed by atoms with E-state index in [1.807, 2.05) is 0 Å². The van der Waals surface area contributed by atoms with Gasteiger partial charge in [0.15, 0.2) is 0 Å². The zero-order valence-electron chi connectivity index (χ0n) is 11.2. The summed E-state index contributed by atoms with van der Waals surface area (Å²) in [6, 6.07) is 0. The number of aliphatic hydroxyl groups excluding tert-OH is 1. The quantitative estimate of drug-likeness (QED) is 0.619. The molecule has 1 unspecified atom stereocenters. The van der Waals surface area contributed by atoms with Gasteiger partial charge in [-0.15, -0.1) is 0 Å². The fourth-order valence-corrected chi connectivity index (χ4v) is 2.29. The van der Waals surface area contributed by atoms with E-state index in [-0.39, 0.29) is 0 Å². The molecule has 0 aliphatic heterocycles. The molecule has 1 rings (SSSR count). The first-order chi connectivity index (χ1) is 7.50. The van der Waals surface area contributed by atoms with E-state index in [0.717, 1.165) is 19.3 Å². The van der Waals surface area contributed by atoms with Gasteiger partial charge in [0.05, 0.1) is 5.76 Å². The van der Waals surface area contributed by atoms with Gasteiger partial charge in [0.25, 0.3) is 0 Å². The Morgan fingerprint density at radius 3 is 2.56 bits per heavy atom. The van der Waals surface area contributed by atoms with E-state index in [0.29, 0.717) is 17.6 Å². The smallest absolute Gasteiger partial charge is 0.0914 e. The van der Waals surface area contributed by atoms with Crippen LogP contribution in [0.5, 0.6) is 0 Å². The Hall–Kier alpha value is -0.720. The molecule has 0 aromatic rings. The molecule has 0 saturated heterocycles. The summed E-state index contributed by atoms with van der Waals surface area (Å²) in [5, 5.41) is 10.0. The topological polar surface area (TPSA) is 20.2 Å². The molecule has 0 aromatic heterocycles. The van der Waals surface area contributed by atoms with Crippen LogP contribution in [0.2, 0.25) is 0 Å². The molecule has 0 aromatic carbocycles. The summed E-state index contributed by atoms with van der Waals surface area (Å²) in [6.07, 6.45) is 7.69. The number of allylic oxidation sites excluding steroid dienone is 4. The van der Waals surface area contributed by atoms with Gasteiger partial charge in [-0.25, -0.2) is 0 Å². The Balaban J connectivity index is 2.80. The van der Waals surface area contributed by atoms with E-state index >= 15 is 0 Å². The van der Waals surface area contributed by atoms with E-state index in [1.54, 1.807) is 0 Å². The molecule has 1 N–H and O–H groups in total. The van der Waals surface area contributed by atoms with Crippen LogP contribution in [0.25, 0.3) is 0 Å². The minimum absolute atomic E-state index is 0.622. The third-order valence-electron chi connectivity index (χ3n) is 3.81. The van der Waals surface area contributed by atoms with Gasteiger partial charge in [0, 0.05) is 6.42 Å². The summed E-state index contributed by atoms with van der Waals surface area (Å²) < 4.78 is 0. The van der Waals surface area contributed by atoms with Crippen molar-refractivity contribution in [2.75, 3.05) is 0 Å². The molecule has 0 radical (unpaired) electrons. The van der Waals surface area contributed by atoms with Crippen LogP contribution in [0.4, 0.5) is 0 Å². The fourth-order valence-electron chi connectivity index (χ4n) is 2.29. The van der Waals surface area contributed by atoms with Crippen LogP contribution in [0.1, 0.15) is 59.8 Å². The molecule has 16 heavy (non-hydrogen) atoms. The second kappa shape index (κ2) is 6.12. The molecule has 0 amide bonds. The van der Waals surface area contributed by atoms with E-state index in [4.69, 9.17) is 0 Å². The number of aliphatic hydroxyl groups is 1. The maximum Gasteiger partial charge on any atom is 0.0914 e. The molecular weight excluding hydrogens is 196 g/mol. The Kier molecular flexibility index (Phi) is 5.11. The standard InChI is InChI=1S/C15H26O/c1-11(2)14-9-8-12(3)6-5-7-13(4)15(16)10-14/h6,11,14,16H,5,7-10H2,1-4H3. The Labute approximate surface area is 100 Å². The fraction of sp³-hybridized carbons (Fsp3) is 0.733. The SMILES string of the molecule is CC1=CCCC(C)=C(O)CC(C(C)C)CC1. The highest BCUT2D eigenvalue weighted by Crippen LogP contribution is 2.29. The van der Waals surface area contributed by atoms with Gasteiger partial charge in [-0.05, 0) is 56.9 Å². The summed E-state index contributed by atoms with van der Waals surface area (Å²) in [4.78, 5) is 0. The van der Waals surface area contributed by atoms with E-state index in [2.05, 4.69) is 33.8 Å². The molecule has 1 aliphatic carbocycles. The first-order valence-corrected chi connectivity index (χ1v) is 6.54. The third-order valence-corrected chi connectivity index (χ3v) is 3.81. The number of rotatable bonds is 1. The second-order valence-electron chi connectivity index (χ2n) is 5.56. The Bertz CT molecular complexity index is 284. The highest BCUT2D eigenvalue weighted by molar-refractivity contribution is 5.09. The zero-order valence-corrected chi connectivity index (χ0v) is 11.2. The van der Waals surface area contributed by atoms with E-state index in [1.165, 1.54) is 24.0 Å². The van der Waals surface area contributed by atoms with Gasteiger partial charge in [-0.2, -0.15) is 0 Å². The lowest BCUT2D eigenvalue weighted by Gasteiger charge is -2.22. The van der Waals surface area contributed by atoms with Crippen molar-refractivity contribution in [1.29, 1.82) is 0 Å². The Morgan fingerprint density at radius 2 is 1.94 bits per heavy atom. The van der Waals surface area contributed by atoms with Crippen molar-refractivity contribution in [3.8, 4) is 0 Å². The number of hydrogen-bond acceptors (Lipinski definition) is 1. The van der Waals surface area contributed by atoms with Gasteiger partial charge in [0.1, 0.15) is 0 Å². The molecule has 1 nitrogen and oxygen atoms in total. The second-order valence-corrected chi connectivity index (χ2v) is 5.56. The predicted molar refractivity (Wildman–Crippen MR) is 70.5 cm³/mol. The van der Waals surface area contributed by atoms with Gasteiger partial charge in [0.2, 0.25) is 0 Å². The molecule has 0 fully saturated rings. The lowest BCUT2D eigenvalue weighted by atomic mass is 9.85. The normalized spacial score (nSPS) is 24.6. The van der Waals surface area contributed by atoms with Crippen LogP contribution in [-0.2, 0) is 0 Å². The minimum atomic E-state index is 0.622. The van der Waals surface area contributed by atoms with Crippen molar-refractivity contribution in [3.63, 3.8) is 0 Å². The summed E-state index contributed by atoms with van der Waals surface area (Å²) in [5.74, 6) is 1.92. The summed E-state index contributed by atoms with van der Waals surface area (Å²) in [5.41, 5.74) is 2.69. The largest absolute Gasteiger partial charge is 0.512 e. The molecule has 1 atom stereocenters. The zero-order chi connectivity index (χ0) is 12.1. The van der Waals surface area contributed by atoms with Crippen LogP contribution in [0.15, 0.2) is 23.0 Å². The Morgan fingerprint density at radius 1 is 1.25 bits per heavy atom. The monoisotopic (exact) mass is 222 g/mol. The maximum atomic E-state index is 10.0. The molecule has 0 saturated carbocycles. The van der Waals surface area contributed by atoms with Crippen LogP contribution >= 0.6 is 0 Å². The van der Waals surface area contributed by atoms with Crippen molar-refractivity contribution in [2.45, 2.75) is 59.8 Å². The minimum Gasteiger partial charge on any atom is -0.512 e. The first kappa shape index (κ1) is 13.3. The highest BCUT2D eigenvalue weighted by atomic mass is 16.3. The van der Waals surface area contributed by atoms with Crippen LogP contribution in [0.3, 0.4) is 0 Å². The van der Waals surface area contributed by atoms with E-state index < -0.39 is 0 Å². The van der Waals surface area contributed by atoms with Gasteiger partial charge in [-0.1, -0.05) is 25.5 Å². The van der Waals surface area contributed by atoms with Crippen molar-refractivity contribution >= 4 is 0 Å². The third kappa shape index (κ3) is 4.03. The molecular formula is C15H26O. The number of hydrogen-bond donors (Lipinski definition) is 1. The highest BCUT2D eigenvalue weighted by Gasteiger charge is 2.17. The van der Waals surface area contributed by atoms with Gasteiger partial charge >= 0.3 is 0 Å². The van der Waals surface area contributed by atoms with Crippen LogP contribution in [0, 0.1) is 11.8 Å². The molecule has 0 heterocycles. The molecule has 0 spiro atoms. The average Bonchev–Trinajstić information content (AvgIpc) is 2.22. The van der Waals surface area contributed by atoms with Crippen molar-refractivity contribution in [3.05, 3.63) is 23.0 Å². The summed E-state index contributed by atoms with van der Waals surface area (Å²) >= 11 is 0. The average molecular weight is 222 g/mol. The van der Waals surface area contributed by atoms with Crippen LogP contribution in [-0.4, -0.2) is 5.11 Å². The van der Waals surface area contributed by atoms with Crippen LogP contribution < -0.4 is 0 Å². The molecule has 92 valence electrons. The van der Waals surface area contributed by atoms with Gasteiger partial charge < -0.3 is 5.11 Å². The lowest BCUT2D eigenvalue weighted by molar-refractivity contribution is 0.286. The first-order valence-electron chi connectivity index (χ1n) is 6.54. The molecule has 0 bridgehead atoms. The summed E-state index contributed by atoms with van der Waals surface area (Å²) in [6.45, 7) is 8.82. The molecule has 1 aliphatic rings. The van der Waals surface area contributed by atoms with Crippen molar-refractivity contribution < 1.29 is 5.11 Å². The molecule has 1 heteroatoms. The van der Waals surface area contributed by atoms with E-state index in [9.17, 15) is 5.11 Å². The predicted octanol–water partition coefficient (Wildman–Crippen LogP) is 5.00. The van der Waals surface area contributed by atoms with Crippen molar-refractivity contribution in [2.24, 2.45) is 11.8 Å².